The van der Waals surface area contributed by atoms with Gasteiger partial charge in [-0.15, -0.1) is 0 Å². The largest absolute Gasteiger partial charge is 0.481 e. The first kappa shape index (κ1) is 15.8. The average molecular weight is 270 g/mol. The smallest absolute Gasteiger partial charge is 0.317 e. The highest BCUT2D eigenvalue weighted by molar-refractivity contribution is 5.74. The van der Waals surface area contributed by atoms with E-state index in [1.165, 1.54) is 25.7 Å². The highest BCUT2D eigenvalue weighted by Gasteiger charge is 2.21. The second-order valence-electron chi connectivity index (χ2n) is 5.52. The van der Waals surface area contributed by atoms with E-state index in [0.717, 1.165) is 12.8 Å². The summed E-state index contributed by atoms with van der Waals surface area (Å²) in [6.07, 6.45) is 7.55. The molecule has 19 heavy (non-hydrogen) atoms. The summed E-state index contributed by atoms with van der Waals surface area (Å²) in [5.41, 5.74) is 0. The van der Waals surface area contributed by atoms with Crippen LogP contribution in [0, 0.1) is 5.92 Å². The van der Waals surface area contributed by atoms with Crippen LogP contribution in [0.3, 0.4) is 0 Å². The Hall–Kier alpha value is -1.26. The summed E-state index contributed by atoms with van der Waals surface area (Å²) in [4.78, 5) is 24.4. The van der Waals surface area contributed by atoms with Gasteiger partial charge in [0.25, 0.3) is 0 Å². The first-order chi connectivity index (χ1) is 9.02. The molecular weight excluding hydrogens is 244 g/mol. The van der Waals surface area contributed by atoms with Crippen LogP contribution < -0.4 is 5.32 Å². The summed E-state index contributed by atoms with van der Waals surface area (Å²) in [5.74, 6) is -1.23. The quantitative estimate of drug-likeness (QED) is 0.754. The van der Waals surface area contributed by atoms with Gasteiger partial charge in [0.1, 0.15) is 0 Å². The Morgan fingerprint density at radius 2 is 1.84 bits per heavy atom. The van der Waals surface area contributed by atoms with Crippen LogP contribution in [-0.2, 0) is 4.79 Å². The number of carboxylic acid groups (broad SMARTS) is 1. The number of aliphatic carboxylic acids is 1. The Bertz CT molecular complexity index is 299. The molecule has 2 amide bonds. The number of amides is 2. The van der Waals surface area contributed by atoms with Gasteiger partial charge < -0.3 is 15.3 Å². The third kappa shape index (κ3) is 5.49. The van der Waals surface area contributed by atoms with Gasteiger partial charge in [0.15, 0.2) is 0 Å². The van der Waals surface area contributed by atoms with Gasteiger partial charge in [-0.05, 0) is 19.3 Å². The number of hydrogen-bond donors (Lipinski definition) is 2. The van der Waals surface area contributed by atoms with E-state index >= 15 is 0 Å². The summed E-state index contributed by atoms with van der Waals surface area (Å²) >= 11 is 0. The number of carboxylic acids is 1. The molecule has 2 N–H and O–H groups in total. The fourth-order valence-corrected chi connectivity index (χ4v) is 2.45. The van der Waals surface area contributed by atoms with Crippen LogP contribution in [0.5, 0.6) is 0 Å². The van der Waals surface area contributed by atoms with Crippen molar-refractivity contribution < 1.29 is 14.7 Å². The lowest BCUT2D eigenvalue weighted by Gasteiger charge is -2.27. The normalized spacial score (nSPS) is 18.4. The zero-order valence-corrected chi connectivity index (χ0v) is 12.0. The minimum atomic E-state index is -0.814. The maximum atomic E-state index is 12.0. The van der Waals surface area contributed by atoms with Crippen LogP contribution in [-0.4, -0.2) is 41.6 Å². The van der Waals surface area contributed by atoms with Gasteiger partial charge in [-0.25, -0.2) is 4.79 Å². The summed E-state index contributed by atoms with van der Waals surface area (Å²) in [5, 5.41) is 11.6. The Labute approximate surface area is 115 Å². The first-order valence-electron chi connectivity index (χ1n) is 7.26. The van der Waals surface area contributed by atoms with Crippen molar-refractivity contribution in [1.82, 2.24) is 10.2 Å². The predicted octanol–water partition coefficient (Wildman–Crippen LogP) is 2.46. The van der Waals surface area contributed by atoms with E-state index < -0.39 is 11.9 Å². The number of urea groups is 1. The molecule has 0 aliphatic heterocycles. The Kier molecular flexibility index (Phi) is 6.67. The number of hydrogen-bond acceptors (Lipinski definition) is 2. The second kappa shape index (κ2) is 8.02. The zero-order valence-electron chi connectivity index (χ0n) is 12.0. The fraction of sp³-hybridized carbons (Fsp3) is 0.857. The maximum absolute atomic E-state index is 12.0. The van der Waals surface area contributed by atoms with E-state index in [9.17, 15) is 9.59 Å². The van der Waals surface area contributed by atoms with E-state index in [-0.39, 0.29) is 6.03 Å². The Morgan fingerprint density at radius 1 is 1.26 bits per heavy atom. The number of rotatable bonds is 5. The molecule has 1 aliphatic rings. The van der Waals surface area contributed by atoms with Crippen LogP contribution in [0.1, 0.15) is 51.9 Å². The average Bonchev–Trinajstić information content (AvgIpc) is 2.66. The van der Waals surface area contributed by atoms with Crippen LogP contribution in [0.15, 0.2) is 0 Å². The first-order valence-corrected chi connectivity index (χ1v) is 7.26. The molecule has 1 aliphatic carbocycles. The van der Waals surface area contributed by atoms with Gasteiger partial charge in [-0.1, -0.05) is 32.6 Å². The van der Waals surface area contributed by atoms with E-state index in [2.05, 4.69) is 5.32 Å². The van der Waals surface area contributed by atoms with E-state index in [0.29, 0.717) is 19.0 Å². The van der Waals surface area contributed by atoms with Gasteiger partial charge in [-0.3, -0.25) is 4.79 Å². The van der Waals surface area contributed by atoms with Crippen molar-refractivity contribution in [2.45, 2.75) is 57.9 Å². The lowest BCUT2D eigenvalue weighted by Crippen LogP contribution is -2.44. The standard InChI is InChI=1S/C14H26N2O3/c1-11(13(17)18)9-10-15-14(19)16(2)12-7-5-3-4-6-8-12/h11-12H,3-10H2,1-2H3,(H,15,19)(H,17,18). The van der Waals surface area contributed by atoms with Gasteiger partial charge in [0.05, 0.1) is 5.92 Å². The number of carbonyl (C=O) groups is 2. The third-order valence-electron chi connectivity index (χ3n) is 3.97. The van der Waals surface area contributed by atoms with Crippen molar-refractivity contribution in [3.05, 3.63) is 0 Å². The maximum Gasteiger partial charge on any atom is 0.317 e. The molecule has 5 heteroatoms. The summed E-state index contributed by atoms with van der Waals surface area (Å²) in [7, 11) is 1.84. The molecule has 1 fully saturated rings. The van der Waals surface area contributed by atoms with Crippen LogP contribution in [0.2, 0.25) is 0 Å². The van der Waals surface area contributed by atoms with E-state index in [1.807, 2.05) is 7.05 Å². The lowest BCUT2D eigenvalue weighted by molar-refractivity contribution is -0.141. The summed E-state index contributed by atoms with van der Waals surface area (Å²) in [6, 6.07) is 0.254. The Balaban J connectivity index is 2.29. The molecule has 1 atom stereocenters. The zero-order chi connectivity index (χ0) is 14.3. The molecule has 5 nitrogen and oxygen atoms in total. The molecule has 0 saturated heterocycles. The molecule has 0 heterocycles. The summed E-state index contributed by atoms with van der Waals surface area (Å²) in [6.45, 7) is 2.08. The second-order valence-corrected chi connectivity index (χ2v) is 5.52. The molecule has 1 unspecified atom stereocenters. The molecule has 0 bridgehead atoms. The van der Waals surface area contributed by atoms with Crippen molar-refractivity contribution in [2.24, 2.45) is 5.92 Å². The number of nitrogens with one attached hydrogen (secondary N) is 1. The van der Waals surface area contributed by atoms with Gasteiger partial charge in [0, 0.05) is 19.6 Å². The van der Waals surface area contributed by atoms with Gasteiger partial charge in [0.2, 0.25) is 0 Å². The minimum absolute atomic E-state index is 0.0792. The van der Waals surface area contributed by atoms with Crippen molar-refractivity contribution in [3.8, 4) is 0 Å². The molecule has 1 rings (SSSR count). The van der Waals surface area contributed by atoms with Crippen molar-refractivity contribution in [1.29, 1.82) is 0 Å². The molecule has 0 spiro atoms. The summed E-state index contributed by atoms with van der Waals surface area (Å²) < 4.78 is 0. The Morgan fingerprint density at radius 3 is 2.37 bits per heavy atom. The molecule has 0 aromatic rings. The fourth-order valence-electron chi connectivity index (χ4n) is 2.45. The van der Waals surface area contributed by atoms with Crippen molar-refractivity contribution in [3.63, 3.8) is 0 Å². The van der Waals surface area contributed by atoms with Crippen LogP contribution in [0.25, 0.3) is 0 Å². The molecule has 1 saturated carbocycles. The highest BCUT2D eigenvalue weighted by atomic mass is 16.4. The van der Waals surface area contributed by atoms with Crippen molar-refractivity contribution >= 4 is 12.0 Å². The van der Waals surface area contributed by atoms with Crippen LogP contribution in [0.4, 0.5) is 4.79 Å². The van der Waals surface area contributed by atoms with Crippen LogP contribution >= 0.6 is 0 Å². The molecule has 0 radical (unpaired) electrons. The van der Waals surface area contributed by atoms with Gasteiger partial charge >= 0.3 is 12.0 Å². The van der Waals surface area contributed by atoms with E-state index in [4.69, 9.17) is 5.11 Å². The third-order valence-corrected chi connectivity index (χ3v) is 3.97. The van der Waals surface area contributed by atoms with Gasteiger partial charge in [-0.2, -0.15) is 0 Å². The van der Waals surface area contributed by atoms with Crippen molar-refractivity contribution in [2.75, 3.05) is 13.6 Å². The predicted molar refractivity (Wildman–Crippen MR) is 74.1 cm³/mol. The molecule has 0 aromatic heterocycles. The number of carbonyl (C=O) groups excluding carboxylic acids is 1. The molecular formula is C14H26N2O3. The molecule has 0 aromatic carbocycles. The van der Waals surface area contributed by atoms with E-state index in [1.54, 1.807) is 11.8 Å². The molecule has 110 valence electrons. The minimum Gasteiger partial charge on any atom is -0.481 e. The highest BCUT2D eigenvalue weighted by Crippen LogP contribution is 2.20. The lowest BCUT2D eigenvalue weighted by atomic mass is 10.1. The topological polar surface area (TPSA) is 69.6 Å². The number of nitrogens with zero attached hydrogens (tertiary/aromatic N) is 1. The monoisotopic (exact) mass is 270 g/mol. The SMILES string of the molecule is CC(CCNC(=O)N(C)C1CCCCCC1)C(=O)O.